The molecule has 0 heterocycles. The van der Waals surface area contributed by atoms with Crippen LogP contribution in [-0.4, -0.2) is 17.5 Å². The molecule has 3 nitrogen and oxygen atoms in total. The molecule has 0 bridgehead atoms. The van der Waals surface area contributed by atoms with Crippen molar-refractivity contribution in [3.8, 4) is 0 Å². The summed E-state index contributed by atoms with van der Waals surface area (Å²) in [6.07, 6.45) is -3.52. The molecule has 0 atom stereocenters. The molecule has 18 heavy (non-hydrogen) atoms. The topological polar surface area (TPSA) is 44.6 Å². The van der Waals surface area contributed by atoms with Gasteiger partial charge in [0.15, 0.2) is 0 Å². The first-order valence-electron chi connectivity index (χ1n) is 5.10. The van der Waals surface area contributed by atoms with Crippen LogP contribution in [0.1, 0.15) is 25.0 Å². The van der Waals surface area contributed by atoms with Crippen molar-refractivity contribution in [1.82, 2.24) is 0 Å². The van der Waals surface area contributed by atoms with Crippen LogP contribution < -0.4 is 5.32 Å². The van der Waals surface area contributed by atoms with Gasteiger partial charge in [-0.25, -0.2) is 0 Å². The molecule has 0 radical (unpaired) electrons. The van der Waals surface area contributed by atoms with Gasteiger partial charge in [-0.1, -0.05) is 21.1 Å². The van der Waals surface area contributed by atoms with Crippen molar-refractivity contribution in [3.05, 3.63) is 27.7 Å². The third kappa shape index (κ3) is 3.63. The quantitative estimate of drug-likeness (QED) is 0.499. The normalized spacial score (nSPS) is 12.4. The zero-order valence-corrected chi connectivity index (χ0v) is 11.3. The molecule has 0 saturated carbocycles. The second kappa shape index (κ2) is 5.60. The molecule has 0 amide bonds. The third-order valence-corrected chi connectivity index (χ3v) is 2.53. The van der Waals surface area contributed by atoms with E-state index >= 15 is 0 Å². The highest BCUT2D eigenvalue weighted by molar-refractivity contribution is 9.10. The predicted molar refractivity (Wildman–Crippen MR) is 67.3 cm³/mol. The average molecular weight is 325 g/mol. The lowest BCUT2D eigenvalue weighted by Crippen LogP contribution is -2.17. The van der Waals surface area contributed by atoms with Gasteiger partial charge in [-0.3, -0.25) is 0 Å². The molecule has 1 rings (SSSR count). The molecular weight excluding hydrogens is 313 g/mol. The van der Waals surface area contributed by atoms with Gasteiger partial charge in [-0.2, -0.15) is 13.2 Å². The number of nitrogens with zero attached hydrogens (tertiary/aromatic N) is 1. The molecule has 0 saturated heterocycles. The second-order valence-corrected chi connectivity index (χ2v) is 4.87. The van der Waals surface area contributed by atoms with Gasteiger partial charge in [0, 0.05) is 16.1 Å². The van der Waals surface area contributed by atoms with Gasteiger partial charge in [-0.15, -0.1) is 0 Å². The minimum atomic E-state index is -4.49. The Morgan fingerprint density at radius 1 is 1.39 bits per heavy atom. The van der Waals surface area contributed by atoms with E-state index in [0.717, 1.165) is 12.3 Å². The van der Waals surface area contributed by atoms with Gasteiger partial charge in [0.25, 0.3) is 0 Å². The molecule has 0 aromatic heterocycles. The summed E-state index contributed by atoms with van der Waals surface area (Å²) in [4.78, 5) is 0. The molecule has 0 unspecified atom stereocenters. The van der Waals surface area contributed by atoms with E-state index in [0.29, 0.717) is 0 Å². The zero-order valence-electron chi connectivity index (χ0n) is 9.72. The van der Waals surface area contributed by atoms with Crippen molar-refractivity contribution in [2.75, 3.05) is 5.32 Å². The van der Waals surface area contributed by atoms with Gasteiger partial charge >= 0.3 is 6.18 Å². The number of nitrogens with one attached hydrogen (secondary N) is 1. The number of oxime groups is 1. The standard InChI is InChI=1S/C11H12BrF3N2O/c1-6(2)17-10-7(5-16-18)3-8(12)4-9(10)11(13,14)15/h3-6,17-18H,1-2H3/b16-5+. The first-order chi connectivity index (χ1) is 8.25. The summed E-state index contributed by atoms with van der Waals surface area (Å²) in [5.74, 6) is 0. The SMILES string of the molecule is CC(C)Nc1c(/C=N/O)cc(Br)cc1C(F)(F)F. The fourth-order valence-electron chi connectivity index (χ4n) is 1.47. The number of hydrogen-bond acceptors (Lipinski definition) is 3. The summed E-state index contributed by atoms with van der Waals surface area (Å²) in [5.41, 5.74) is -0.744. The number of alkyl halides is 3. The lowest BCUT2D eigenvalue weighted by Gasteiger charge is -2.19. The Balaban J connectivity index is 3.47. The Morgan fingerprint density at radius 2 is 2.00 bits per heavy atom. The van der Waals surface area contributed by atoms with E-state index in [4.69, 9.17) is 5.21 Å². The molecule has 7 heteroatoms. The zero-order chi connectivity index (χ0) is 13.9. The van der Waals surface area contributed by atoms with Gasteiger partial charge < -0.3 is 10.5 Å². The Kier molecular flexibility index (Phi) is 4.61. The van der Waals surface area contributed by atoms with Gasteiger partial charge in [0.05, 0.1) is 17.5 Å². The Labute approximate surface area is 111 Å². The van der Waals surface area contributed by atoms with Crippen LogP contribution in [-0.2, 0) is 6.18 Å². The van der Waals surface area contributed by atoms with Crippen LogP contribution in [0.5, 0.6) is 0 Å². The van der Waals surface area contributed by atoms with Crippen molar-refractivity contribution in [1.29, 1.82) is 0 Å². The minimum absolute atomic E-state index is 0.0986. The van der Waals surface area contributed by atoms with Crippen molar-refractivity contribution < 1.29 is 18.4 Å². The Hall–Kier alpha value is -1.24. The van der Waals surface area contributed by atoms with E-state index in [2.05, 4.69) is 26.4 Å². The fourth-order valence-corrected chi connectivity index (χ4v) is 1.94. The molecule has 0 aliphatic rings. The van der Waals surface area contributed by atoms with Crippen LogP contribution in [0.15, 0.2) is 21.8 Å². The van der Waals surface area contributed by atoms with Crippen LogP contribution in [0.2, 0.25) is 0 Å². The minimum Gasteiger partial charge on any atom is -0.411 e. The molecule has 0 aliphatic heterocycles. The Bertz CT molecular complexity index is 458. The first-order valence-corrected chi connectivity index (χ1v) is 5.89. The summed E-state index contributed by atoms with van der Waals surface area (Å²) in [6, 6.07) is 2.25. The summed E-state index contributed by atoms with van der Waals surface area (Å²) >= 11 is 3.00. The summed E-state index contributed by atoms with van der Waals surface area (Å²) in [5, 5.41) is 14.0. The van der Waals surface area contributed by atoms with E-state index in [-0.39, 0.29) is 21.8 Å². The van der Waals surface area contributed by atoms with Crippen LogP contribution in [0, 0.1) is 0 Å². The van der Waals surface area contributed by atoms with Crippen molar-refractivity contribution >= 4 is 27.8 Å². The highest BCUT2D eigenvalue weighted by Crippen LogP contribution is 2.38. The number of rotatable bonds is 3. The average Bonchev–Trinajstić information content (AvgIpc) is 2.19. The maximum Gasteiger partial charge on any atom is 0.418 e. The number of benzene rings is 1. The second-order valence-electron chi connectivity index (χ2n) is 3.96. The maximum absolute atomic E-state index is 12.9. The maximum atomic E-state index is 12.9. The molecule has 1 aromatic carbocycles. The smallest absolute Gasteiger partial charge is 0.411 e. The summed E-state index contributed by atoms with van der Waals surface area (Å²) in [7, 11) is 0. The molecule has 1 aromatic rings. The van der Waals surface area contributed by atoms with E-state index in [9.17, 15) is 13.2 Å². The van der Waals surface area contributed by atoms with Crippen LogP contribution in [0.4, 0.5) is 18.9 Å². The van der Waals surface area contributed by atoms with Gasteiger partial charge in [-0.05, 0) is 26.0 Å². The van der Waals surface area contributed by atoms with E-state index in [1.807, 2.05) is 0 Å². The van der Waals surface area contributed by atoms with Crippen molar-refractivity contribution in [3.63, 3.8) is 0 Å². The lowest BCUT2D eigenvalue weighted by molar-refractivity contribution is -0.137. The number of hydrogen-bond donors (Lipinski definition) is 2. The molecule has 0 aliphatic carbocycles. The van der Waals surface area contributed by atoms with E-state index in [1.165, 1.54) is 6.07 Å². The third-order valence-electron chi connectivity index (χ3n) is 2.07. The highest BCUT2D eigenvalue weighted by atomic mass is 79.9. The van der Waals surface area contributed by atoms with Gasteiger partial charge in [0.1, 0.15) is 0 Å². The summed E-state index contributed by atoms with van der Waals surface area (Å²) in [6.45, 7) is 3.45. The predicted octanol–water partition coefficient (Wildman–Crippen LogP) is 4.10. The summed E-state index contributed by atoms with van der Waals surface area (Å²) < 4.78 is 39.1. The number of anilines is 1. The molecule has 100 valence electrons. The van der Waals surface area contributed by atoms with Crippen LogP contribution in [0.3, 0.4) is 0 Å². The molecule has 0 spiro atoms. The largest absolute Gasteiger partial charge is 0.418 e. The van der Waals surface area contributed by atoms with Crippen molar-refractivity contribution in [2.24, 2.45) is 5.16 Å². The molecule has 0 fully saturated rings. The van der Waals surface area contributed by atoms with Crippen LogP contribution in [0.25, 0.3) is 0 Å². The highest BCUT2D eigenvalue weighted by Gasteiger charge is 2.35. The molecular formula is C11H12BrF3N2O. The number of halogens is 4. The van der Waals surface area contributed by atoms with Crippen LogP contribution >= 0.6 is 15.9 Å². The molecule has 2 N–H and O–H groups in total. The van der Waals surface area contributed by atoms with E-state index in [1.54, 1.807) is 13.8 Å². The van der Waals surface area contributed by atoms with Gasteiger partial charge in [0.2, 0.25) is 0 Å². The fraction of sp³-hybridized carbons (Fsp3) is 0.364. The monoisotopic (exact) mass is 324 g/mol. The van der Waals surface area contributed by atoms with Crippen molar-refractivity contribution in [2.45, 2.75) is 26.1 Å². The lowest BCUT2D eigenvalue weighted by atomic mass is 10.1. The van der Waals surface area contributed by atoms with E-state index < -0.39 is 11.7 Å². The Morgan fingerprint density at radius 3 is 2.44 bits per heavy atom. The first kappa shape index (κ1) is 14.8.